The van der Waals surface area contributed by atoms with Crippen LogP contribution in [0.5, 0.6) is 0 Å². The van der Waals surface area contributed by atoms with E-state index in [9.17, 15) is 18.5 Å². The quantitative estimate of drug-likeness (QED) is 0.610. The third-order valence-corrected chi connectivity index (χ3v) is 4.98. The van der Waals surface area contributed by atoms with E-state index in [0.29, 0.717) is 6.54 Å². The van der Waals surface area contributed by atoms with Crippen molar-refractivity contribution in [1.82, 2.24) is 9.62 Å². The number of likely N-dealkylation sites (tertiary alicyclic amines) is 1. The Hall–Kier alpha value is -1.71. The van der Waals surface area contributed by atoms with E-state index >= 15 is 0 Å². The van der Waals surface area contributed by atoms with Crippen LogP contribution >= 0.6 is 0 Å². The molecule has 116 valence electrons. The average Bonchev–Trinajstić information content (AvgIpc) is 2.82. The van der Waals surface area contributed by atoms with Gasteiger partial charge in [-0.25, -0.2) is 13.1 Å². The van der Waals surface area contributed by atoms with Gasteiger partial charge in [-0.15, -0.1) is 0 Å². The number of benzene rings is 1. The van der Waals surface area contributed by atoms with Crippen molar-refractivity contribution < 1.29 is 13.3 Å². The zero-order chi connectivity index (χ0) is 15.6. The standard InChI is InChI=1S/C12H18N4O4S/c1-13-11-4-3-10(7-12(11)16(17)18)21(19,20)14-9-5-6-15(2)8-9/h3-4,7,9,13-14H,5-6,8H2,1-2H3. The molecule has 0 radical (unpaired) electrons. The van der Waals surface area contributed by atoms with Gasteiger partial charge in [-0.05, 0) is 32.1 Å². The number of nitro benzene ring substituents is 1. The molecule has 0 aromatic heterocycles. The highest BCUT2D eigenvalue weighted by molar-refractivity contribution is 7.89. The molecule has 0 spiro atoms. The minimum absolute atomic E-state index is 0.0947. The summed E-state index contributed by atoms with van der Waals surface area (Å²) in [6.07, 6.45) is 0.729. The number of nitro groups is 1. The average molecular weight is 314 g/mol. The number of sulfonamides is 1. The molecule has 1 unspecified atom stereocenters. The first-order valence-corrected chi connectivity index (χ1v) is 7.99. The molecule has 0 bridgehead atoms. The molecule has 9 heteroatoms. The monoisotopic (exact) mass is 314 g/mol. The number of hydrogen-bond acceptors (Lipinski definition) is 6. The summed E-state index contributed by atoms with van der Waals surface area (Å²) in [7, 11) is -0.295. The van der Waals surface area contributed by atoms with Gasteiger partial charge in [0, 0.05) is 25.7 Å². The lowest BCUT2D eigenvalue weighted by molar-refractivity contribution is -0.384. The molecule has 1 heterocycles. The fourth-order valence-electron chi connectivity index (χ4n) is 2.36. The largest absolute Gasteiger partial charge is 0.383 e. The predicted octanol–water partition coefficient (Wildman–Crippen LogP) is 0.619. The fourth-order valence-corrected chi connectivity index (χ4v) is 3.64. The molecule has 2 N–H and O–H groups in total. The van der Waals surface area contributed by atoms with Crippen molar-refractivity contribution in [1.29, 1.82) is 0 Å². The van der Waals surface area contributed by atoms with Crippen LogP contribution < -0.4 is 10.0 Å². The number of hydrogen-bond donors (Lipinski definition) is 2. The summed E-state index contributed by atoms with van der Waals surface area (Å²) in [5, 5.41) is 13.7. The summed E-state index contributed by atoms with van der Waals surface area (Å²) in [6, 6.07) is 3.67. The molecule has 1 aromatic carbocycles. The third kappa shape index (κ3) is 3.49. The summed E-state index contributed by atoms with van der Waals surface area (Å²) in [4.78, 5) is 12.3. The topological polar surface area (TPSA) is 105 Å². The van der Waals surface area contributed by atoms with Crippen LogP contribution in [0.1, 0.15) is 6.42 Å². The number of rotatable bonds is 5. The number of nitrogens with zero attached hydrogens (tertiary/aromatic N) is 2. The molecule has 1 atom stereocenters. The van der Waals surface area contributed by atoms with Crippen molar-refractivity contribution in [3.8, 4) is 0 Å². The second-order valence-electron chi connectivity index (χ2n) is 5.06. The second kappa shape index (κ2) is 5.96. The molecule has 0 saturated carbocycles. The zero-order valence-electron chi connectivity index (χ0n) is 11.9. The maximum Gasteiger partial charge on any atom is 0.293 e. The highest BCUT2D eigenvalue weighted by Crippen LogP contribution is 2.27. The van der Waals surface area contributed by atoms with Crippen LogP contribution in [0, 0.1) is 10.1 Å². The second-order valence-corrected chi connectivity index (χ2v) is 6.77. The molecule has 21 heavy (non-hydrogen) atoms. The van der Waals surface area contributed by atoms with E-state index < -0.39 is 14.9 Å². The van der Waals surface area contributed by atoms with Gasteiger partial charge in [-0.2, -0.15) is 0 Å². The summed E-state index contributed by atoms with van der Waals surface area (Å²) in [5.74, 6) is 0. The van der Waals surface area contributed by atoms with Crippen LogP contribution in [-0.2, 0) is 10.0 Å². The van der Waals surface area contributed by atoms with Crippen LogP contribution in [0.25, 0.3) is 0 Å². The molecule has 1 aliphatic rings. The molecular formula is C12H18N4O4S. The maximum atomic E-state index is 12.3. The lowest BCUT2D eigenvalue weighted by atomic mass is 10.3. The van der Waals surface area contributed by atoms with E-state index in [0.717, 1.165) is 19.0 Å². The smallest absolute Gasteiger partial charge is 0.293 e. The molecular weight excluding hydrogens is 296 g/mol. The van der Waals surface area contributed by atoms with Gasteiger partial charge in [-0.1, -0.05) is 0 Å². The molecule has 2 rings (SSSR count). The third-order valence-electron chi connectivity index (χ3n) is 3.46. The van der Waals surface area contributed by atoms with Gasteiger partial charge in [0.05, 0.1) is 9.82 Å². The highest BCUT2D eigenvalue weighted by Gasteiger charge is 2.27. The van der Waals surface area contributed by atoms with Crippen molar-refractivity contribution in [3.63, 3.8) is 0 Å². The van der Waals surface area contributed by atoms with Crippen molar-refractivity contribution in [2.24, 2.45) is 0 Å². The maximum absolute atomic E-state index is 12.3. The van der Waals surface area contributed by atoms with Crippen LogP contribution in [0.15, 0.2) is 23.1 Å². The van der Waals surface area contributed by atoms with E-state index in [1.165, 1.54) is 12.1 Å². The number of anilines is 1. The van der Waals surface area contributed by atoms with Gasteiger partial charge in [-0.3, -0.25) is 10.1 Å². The first-order chi connectivity index (χ1) is 9.83. The number of likely N-dealkylation sites (N-methyl/N-ethyl adjacent to an activating group) is 1. The van der Waals surface area contributed by atoms with E-state index in [-0.39, 0.29) is 22.3 Å². The van der Waals surface area contributed by atoms with Gasteiger partial charge < -0.3 is 10.2 Å². The van der Waals surface area contributed by atoms with Gasteiger partial charge in [0.1, 0.15) is 5.69 Å². The van der Waals surface area contributed by atoms with Gasteiger partial charge in [0.15, 0.2) is 0 Å². The van der Waals surface area contributed by atoms with Crippen LogP contribution in [0.3, 0.4) is 0 Å². The summed E-state index contributed by atoms with van der Waals surface area (Å²) >= 11 is 0. The van der Waals surface area contributed by atoms with E-state index in [1.54, 1.807) is 7.05 Å². The van der Waals surface area contributed by atoms with Crippen molar-refractivity contribution >= 4 is 21.4 Å². The van der Waals surface area contributed by atoms with Gasteiger partial charge in [0.2, 0.25) is 10.0 Å². The Bertz CT molecular complexity index is 647. The zero-order valence-corrected chi connectivity index (χ0v) is 12.7. The Labute approximate surface area is 123 Å². The van der Waals surface area contributed by atoms with Crippen molar-refractivity contribution in [2.75, 3.05) is 32.5 Å². The van der Waals surface area contributed by atoms with Gasteiger partial charge in [0.25, 0.3) is 5.69 Å². The molecule has 0 aliphatic carbocycles. The Morgan fingerprint density at radius 2 is 2.14 bits per heavy atom. The summed E-state index contributed by atoms with van der Waals surface area (Å²) in [6.45, 7) is 1.46. The van der Waals surface area contributed by atoms with E-state index in [2.05, 4.69) is 10.0 Å². The minimum atomic E-state index is -3.76. The fraction of sp³-hybridized carbons (Fsp3) is 0.500. The summed E-state index contributed by atoms with van der Waals surface area (Å²) in [5.41, 5.74) is 0.0171. The first-order valence-electron chi connectivity index (χ1n) is 6.50. The van der Waals surface area contributed by atoms with Gasteiger partial charge >= 0.3 is 0 Å². The molecule has 1 saturated heterocycles. The molecule has 1 aliphatic heterocycles. The molecule has 8 nitrogen and oxygen atoms in total. The number of nitrogens with one attached hydrogen (secondary N) is 2. The van der Waals surface area contributed by atoms with Crippen LogP contribution in [0.4, 0.5) is 11.4 Å². The SMILES string of the molecule is CNc1ccc(S(=O)(=O)NC2CCN(C)C2)cc1[N+](=O)[O-]. The molecule has 1 fully saturated rings. The minimum Gasteiger partial charge on any atom is -0.383 e. The van der Waals surface area contributed by atoms with Crippen molar-refractivity contribution in [2.45, 2.75) is 17.4 Å². The lowest BCUT2D eigenvalue weighted by Gasteiger charge is -2.13. The van der Waals surface area contributed by atoms with Crippen LogP contribution in [0.2, 0.25) is 0 Å². The highest BCUT2D eigenvalue weighted by atomic mass is 32.2. The lowest BCUT2D eigenvalue weighted by Crippen LogP contribution is -2.36. The summed E-state index contributed by atoms with van der Waals surface area (Å²) < 4.78 is 27.2. The van der Waals surface area contributed by atoms with E-state index in [4.69, 9.17) is 0 Å². The molecule has 0 amide bonds. The Morgan fingerprint density at radius 1 is 1.43 bits per heavy atom. The predicted molar refractivity (Wildman–Crippen MR) is 78.9 cm³/mol. The van der Waals surface area contributed by atoms with E-state index in [1.807, 2.05) is 11.9 Å². The van der Waals surface area contributed by atoms with Crippen LogP contribution in [-0.4, -0.2) is 51.5 Å². The Morgan fingerprint density at radius 3 is 2.67 bits per heavy atom. The Balaban J connectivity index is 2.27. The normalized spacial score (nSPS) is 19.6. The Kier molecular flexibility index (Phi) is 4.45. The molecule has 1 aromatic rings. The first kappa shape index (κ1) is 15.7. The van der Waals surface area contributed by atoms with Crippen molar-refractivity contribution in [3.05, 3.63) is 28.3 Å².